The number of para-hydroxylation sites is 2. The van der Waals surface area contributed by atoms with Crippen LogP contribution >= 0.6 is 0 Å². The van der Waals surface area contributed by atoms with Gasteiger partial charge in [0.15, 0.2) is 12.2 Å². The Bertz CT molecular complexity index is 585. The normalized spacial score (nSPS) is 13.0. The molecule has 1 N–H and O–H groups in total. The molecule has 0 saturated heterocycles. The third-order valence-electron chi connectivity index (χ3n) is 3.35. The standard InChI is InChI=1S/C19H27NO5/c1-6-12-24-14(5)19(22)25-17(13(3)4)18(21)20-15-10-8-9-11-16(15)23-7-2/h6,8-11,13-14,17H,1,7,12H2,2-5H3,(H,20,21). The van der Waals surface area contributed by atoms with E-state index in [0.717, 1.165) is 0 Å². The fourth-order valence-corrected chi connectivity index (χ4v) is 2.05. The Morgan fingerprint density at radius 1 is 1.24 bits per heavy atom. The molecule has 0 aliphatic heterocycles. The fourth-order valence-electron chi connectivity index (χ4n) is 2.05. The van der Waals surface area contributed by atoms with E-state index in [4.69, 9.17) is 14.2 Å². The molecule has 0 bridgehead atoms. The van der Waals surface area contributed by atoms with Gasteiger partial charge in [-0.25, -0.2) is 4.79 Å². The zero-order chi connectivity index (χ0) is 18.8. The molecular formula is C19H27NO5. The third-order valence-corrected chi connectivity index (χ3v) is 3.35. The summed E-state index contributed by atoms with van der Waals surface area (Å²) in [4.78, 5) is 24.7. The molecule has 0 aromatic heterocycles. The van der Waals surface area contributed by atoms with Gasteiger partial charge in [0.05, 0.1) is 18.9 Å². The number of anilines is 1. The van der Waals surface area contributed by atoms with Crippen LogP contribution in [0.2, 0.25) is 0 Å². The van der Waals surface area contributed by atoms with E-state index in [1.54, 1.807) is 45.0 Å². The molecule has 1 aromatic carbocycles. The minimum absolute atomic E-state index is 0.199. The topological polar surface area (TPSA) is 73.9 Å². The van der Waals surface area contributed by atoms with Crippen LogP contribution in [0.4, 0.5) is 5.69 Å². The van der Waals surface area contributed by atoms with Crippen LogP contribution in [0.3, 0.4) is 0 Å². The van der Waals surface area contributed by atoms with E-state index in [1.807, 2.05) is 13.0 Å². The largest absolute Gasteiger partial charge is 0.492 e. The Labute approximate surface area is 149 Å². The number of amides is 1. The molecule has 0 radical (unpaired) electrons. The van der Waals surface area contributed by atoms with Gasteiger partial charge in [-0.1, -0.05) is 32.1 Å². The van der Waals surface area contributed by atoms with Crippen molar-refractivity contribution >= 4 is 17.6 Å². The first kappa shape index (κ1) is 20.7. The van der Waals surface area contributed by atoms with Crippen LogP contribution in [-0.2, 0) is 19.1 Å². The zero-order valence-electron chi connectivity index (χ0n) is 15.3. The first-order valence-electron chi connectivity index (χ1n) is 8.36. The molecule has 0 spiro atoms. The summed E-state index contributed by atoms with van der Waals surface area (Å²) in [6.45, 7) is 11.3. The van der Waals surface area contributed by atoms with Crippen molar-refractivity contribution in [1.82, 2.24) is 0 Å². The molecule has 6 heteroatoms. The molecule has 25 heavy (non-hydrogen) atoms. The maximum absolute atomic E-state index is 12.6. The highest BCUT2D eigenvalue weighted by Gasteiger charge is 2.29. The number of carbonyl (C=O) groups is 2. The molecular weight excluding hydrogens is 322 g/mol. The number of nitrogens with one attached hydrogen (secondary N) is 1. The fraction of sp³-hybridized carbons (Fsp3) is 0.474. The van der Waals surface area contributed by atoms with Gasteiger partial charge in [-0.3, -0.25) is 4.79 Å². The van der Waals surface area contributed by atoms with Crippen molar-refractivity contribution in [2.24, 2.45) is 5.92 Å². The predicted molar refractivity (Wildman–Crippen MR) is 96.6 cm³/mol. The van der Waals surface area contributed by atoms with Crippen molar-refractivity contribution in [1.29, 1.82) is 0 Å². The Kier molecular flexibility index (Phi) is 8.70. The number of hydrogen-bond acceptors (Lipinski definition) is 5. The average molecular weight is 349 g/mol. The summed E-state index contributed by atoms with van der Waals surface area (Å²) in [6, 6.07) is 7.11. The van der Waals surface area contributed by atoms with Crippen LogP contribution in [0.1, 0.15) is 27.7 Å². The molecule has 0 fully saturated rings. The van der Waals surface area contributed by atoms with Crippen LogP contribution in [-0.4, -0.2) is 37.3 Å². The molecule has 6 nitrogen and oxygen atoms in total. The van der Waals surface area contributed by atoms with Crippen molar-refractivity contribution in [3.63, 3.8) is 0 Å². The molecule has 0 aliphatic rings. The second-order valence-electron chi connectivity index (χ2n) is 5.78. The number of ether oxygens (including phenoxy) is 3. The van der Waals surface area contributed by atoms with E-state index in [2.05, 4.69) is 11.9 Å². The Morgan fingerprint density at radius 2 is 1.92 bits per heavy atom. The number of hydrogen-bond donors (Lipinski definition) is 1. The van der Waals surface area contributed by atoms with Crippen LogP contribution in [0, 0.1) is 5.92 Å². The maximum Gasteiger partial charge on any atom is 0.335 e. The summed E-state index contributed by atoms with van der Waals surface area (Å²) in [5.41, 5.74) is 0.534. The van der Waals surface area contributed by atoms with Gasteiger partial charge >= 0.3 is 5.97 Å². The smallest absolute Gasteiger partial charge is 0.335 e. The second-order valence-corrected chi connectivity index (χ2v) is 5.78. The van der Waals surface area contributed by atoms with Crippen molar-refractivity contribution in [2.45, 2.75) is 39.9 Å². The Morgan fingerprint density at radius 3 is 2.52 bits per heavy atom. The van der Waals surface area contributed by atoms with Gasteiger partial charge in [0.2, 0.25) is 0 Å². The first-order chi connectivity index (χ1) is 11.9. The summed E-state index contributed by atoms with van der Waals surface area (Å²) >= 11 is 0. The number of benzene rings is 1. The lowest BCUT2D eigenvalue weighted by atomic mass is 10.1. The molecule has 1 amide bonds. The summed E-state index contributed by atoms with van der Waals surface area (Å²) < 4.78 is 16.1. The Hall–Kier alpha value is -2.34. The highest BCUT2D eigenvalue weighted by Crippen LogP contribution is 2.24. The SMILES string of the molecule is C=CCOC(C)C(=O)OC(C(=O)Nc1ccccc1OCC)C(C)C. The highest BCUT2D eigenvalue weighted by molar-refractivity contribution is 5.96. The molecule has 2 atom stereocenters. The Balaban J connectivity index is 2.80. The van der Waals surface area contributed by atoms with Gasteiger partial charge in [-0.2, -0.15) is 0 Å². The van der Waals surface area contributed by atoms with Gasteiger partial charge in [-0.15, -0.1) is 6.58 Å². The van der Waals surface area contributed by atoms with E-state index in [1.165, 1.54) is 0 Å². The summed E-state index contributed by atoms with van der Waals surface area (Å²) in [5.74, 6) is -0.634. The molecule has 0 aliphatic carbocycles. The molecule has 1 aromatic rings. The van der Waals surface area contributed by atoms with Crippen LogP contribution in [0.5, 0.6) is 5.75 Å². The lowest BCUT2D eigenvalue weighted by Crippen LogP contribution is -2.39. The van der Waals surface area contributed by atoms with E-state index >= 15 is 0 Å². The van der Waals surface area contributed by atoms with E-state index in [9.17, 15) is 9.59 Å². The van der Waals surface area contributed by atoms with Crippen LogP contribution in [0.25, 0.3) is 0 Å². The van der Waals surface area contributed by atoms with E-state index in [0.29, 0.717) is 18.0 Å². The van der Waals surface area contributed by atoms with Crippen LogP contribution in [0.15, 0.2) is 36.9 Å². The predicted octanol–water partition coefficient (Wildman–Crippen LogP) is 3.18. The quantitative estimate of drug-likeness (QED) is 0.519. The van der Waals surface area contributed by atoms with Crippen molar-refractivity contribution < 1.29 is 23.8 Å². The summed E-state index contributed by atoms with van der Waals surface area (Å²) in [6.07, 6.45) is -0.166. The summed E-state index contributed by atoms with van der Waals surface area (Å²) in [5, 5.41) is 2.77. The minimum Gasteiger partial charge on any atom is -0.492 e. The van der Waals surface area contributed by atoms with Gasteiger partial charge < -0.3 is 19.5 Å². The van der Waals surface area contributed by atoms with Crippen molar-refractivity contribution in [3.8, 4) is 5.75 Å². The number of carbonyl (C=O) groups excluding carboxylic acids is 2. The first-order valence-corrected chi connectivity index (χ1v) is 8.36. The third kappa shape index (κ3) is 6.58. The average Bonchev–Trinajstić information content (AvgIpc) is 2.58. The van der Waals surface area contributed by atoms with Gasteiger partial charge in [0, 0.05) is 0 Å². The van der Waals surface area contributed by atoms with E-state index in [-0.39, 0.29) is 12.5 Å². The molecule has 2 unspecified atom stereocenters. The van der Waals surface area contributed by atoms with Gasteiger partial charge in [-0.05, 0) is 31.9 Å². The van der Waals surface area contributed by atoms with Crippen molar-refractivity contribution in [3.05, 3.63) is 36.9 Å². The second kappa shape index (κ2) is 10.5. The molecule has 138 valence electrons. The maximum atomic E-state index is 12.6. The molecule has 0 heterocycles. The number of esters is 1. The monoisotopic (exact) mass is 349 g/mol. The number of rotatable bonds is 10. The lowest BCUT2D eigenvalue weighted by Gasteiger charge is -2.23. The summed E-state index contributed by atoms with van der Waals surface area (Å²) in [7, 11) is 0. The van der Waals surface area contributed by atoms with Gasteiger partial charge in [0.1, 0.15) is 5.75 Å². The molecule has 1 rings (SSSR count). The minimum atomic E-state index is -0.933. The van der Waals surface area contributed by atoms with Crippen molar-refractivity contribution in [2.75, 3.05) is 18.5 Å². The zero-order valence-corrected chi connectivity index (χ0v) is 15.3. The van der Waals surface area contributed by atoms with Crippen LogP contribution < -0.4 is 10.1 Å². The highest BCUT2D eigenvalue weighted by atomic mass is 16.6. The van der Waals surface area contributed by atoms with Gasteiger partial charge in [0.25, 0.3) is 5.91 Å². The lowest BCUT2D eigenvalue weighted by molar-refractivity contribution is -0.166. The van der Waals surface area contributed by atoms with E-state index < -0.39 is 24.1 Å². The molecule has 0 saturated carbocycles.